The maximum Gasteiger partial charge on any atom is 0.143 e. The number of likely N-dealkylation sites (tertiary alicyclic amines) is 1. The number of piperidine rings is 2. The lowest BCUT2D eigenvalue weighted by atomic mass is 9.73. The Morgan fingerprint density at radius 2 is 1.54 bits per heavy atom. The van der Waals surface area contributed by atoms with Crippen LogP contribution < -0.4 is 0 Å². The number of hydrogen-bond acceptors (Lipinski definition) is 4. The van der Waals surface area contributed by atoms with E-state index in [1.54, 1.807) is 6.92 Å². The first-order valence-electron chi connectivity index (χ1n) is 15.6. The summed E-state index contributed by atoms with van der Waals surface area (Å²) in [6, 6.07) is 11.9. The molecule has 2 aliphatic carbocycles. The zero-order valence-electron chi connectivity index (χ0n) is 22.9. The van der Waals surface area contributed by atoms with Gasteiger partial charge in [0.1, 0.15) is 11.6 Å². The van der Waals surface area contributed by atoms with Crippen LogP contribution in [0.2, 0.25) is 0 Å². The van der Waals surface area contributed by atoms with E-state index in [1.165, 1.54) is 88.4 Å². The molecular weight excluding hydrogens is 456 g/mol. The molecule has 5 heteroatoms. The van der Waals surface area contributed by atoms with Crippen molar-refractivity contribution in [3.05, 3.63) is 30.1 Å². The van der Waals surface area contributed by atoms with Gasteiger partial charge in [-0.2, -0.15) is 0 Å². The Kier molecular flexibility index (Phi) is 6.65. The van der Waals surface area contributed by atoms with Crippen LogP contribution in [0.1, 0.15) is 115 Å². The first-order chi connectivity index (χ1) is 18.1. The van der Waals surface area contributed by atoms with Gasteiger partial charge in [0.2, 0.25) is 0 Å². The number of hydrogen-bond donors (Lipinski definition) is 0. The predicted molar refractivity (Wildman–Crippen MR) is 149 cm³/mol. The zero-order chi connectivity index (χ0) is 24.9. The van der Waals surface area contributed by atoms with Crippen LogP contribution in [0.5, 0.6) is 0 Å². The number of para-hydroxylation sites is 2. The summed E-state index contributed by atoms with van der Waals surface area (Å²) in [6.07, 6.45) is 19.4. The van der Waals surface area contributed by atoms with Crippen molar-refractivity contribution in [1.29, 1.82) is 0 Å². The molecule has 3 aliphatic heterocycles. The molecule has 37 heavy (non-hydrogen) atoms. The molecule has 1 aromatic carbocycles. The summed E-state index contributed by atoms with van der Waals surface area (Å²) in [6.45, 7) is 3.30. The molecule has 0 spiro atoms. The van der Waals surface area contributed by atoms with Gasteiger partial charge in [0, 0.05) is 24.2 Å². The monoisotopic (exact) mass is 502 g/mol. The fourth-order valence-corrected chi connectivity index (χ4v) is 9.58. The van der Waals surface area contributed by atoms with Crippen LogP contribution in [-0.4, -0.2) is 56.3 Å². The van der Waals surface area contributed by atoms with E-state index in [2.05, 4.69) is 38.6 Å². The number of ketones is 1. The van der Waals surface area contributed by atoms with E-state index in [0.29, 0.717) is 12.6 Å². The number of fused-ring (bicyclic) bond motifs is 5. The van der Waals surface area contributed by atoms with Gasteiger partial charge in [-0.25, -0.2) is 4.98 Å². The van der Waals surface area contributed by atoms with E-state index in [4.69, 9.17) is 4.98 Å². The average molecular weight is 503 g/mol. The van der Waals surface area contributed by atoms with Gasteiger partial charge in [0.15, 0.2) is 0 Å². The highest BCUT2D eigenvalue weighted by atomic mass is 16.1. The predicted octanol–water partition coefficient (Wildman–Crippen LogP) is 6.68. The fraction of sp³-hybridized carbons (Fsp3) is 0.750. The summed E-state index contributed by atoms with van der Waals surface area (Å²) in [7, 11) is 0. The third-order valence-electron chi connectivity index (χ3n) is 10.9. The van der Waals surface area contributed by atoms with Crippen LogP contribution >= 0.6 is 0 Å². The van der Waals surface area contributed by atoms with Crippen molar-refractivity contribution in [3.8, 4) is 0 Å². The largest absolute Gasteiger partial charge is 0.323 e. The van der Waals surface area contributed by atoms with E-state index in [1.807, 2.05) is 0 Å². The Hall–Kier alpha value is -1.72. The van der Waals surface area contributed by atoms with E-state index in [9.17, 15) is 4.79 Å². The molecule has 7 rings (SSSR count). The van der Waals surface area contributed by atoms with Gasteiger partial charge in [0.25, 0.3) is 0 Å². The van der Waals surface area contributed by atoms with Crippen LogP contribution in [0.15, 0.2) is 24.3 Å². The highest BCUT2D eigenvalue weighted by Crippen LogP contribution is 2.48. The summed E-state index contributed by atoms with van der Waals surface area (Å²) in [5, 5.41) is 0. The number of imidazole rings is 1. The Morgan fingerprint density at radius 3 is 2.27 bits per heavy atom. The molecule has 200 valence electrons. The molecule has 5 atom stereocenters. The number of aromatic nitrogens is 2. The van der Waals surface area contributed by atoms with Gasteiger partial charge >= 0.3 is 0 Å². The van der Waals surface area contributed by atoms with Crippen LogP contribution in [0.25, 0.3) is 11.0 Å². The average Bonchev–Trinajstić information content (AvgIpc) is 3.45. The molecule has 2 aromatic rings. The fourth-order valence-electron chi connectivity index (χ4n) is 9.58. The lowest BCUT2D eigenvalue weighted by Gasteiger charge is -2.55. The van der Waals surface area contributed by atoms with Gasteiger partial charge < -0.3 is 4.57 Å². The second-order valence-electron chi connectivity index (χ2n) is 13.3. The summed E-state index contributed by atoms with van der Waals surface area (Å²) in [5.74, 6) is 3.48. The number of nitrogens with zero attached hydrogens (tertiary/aromatic N) is 4. The molecule has 4 heterocycles. The first-order valence-corrected chi connectivity index (χ1v) is 15.6. The van der Waals surface area contributed by atoms with Crippen LogP contribution in [0.3, 0.4) is 0 Å². The van der Waals surface area contributed by atoms with Gasteiger partial charge in [-0.05, 0) is 95.2 Å². The molecule has 0 amide bonds. The molecule has 5 unspecified atom stereocenters. The molecule has 0 radical (unpaired) electrons. The highest BCUT2D eigenvalue weighted by molar-refractivity contribution is 5.78. The van der Waals surface area contributed by atoms with Gasteiger partial charge in [-0.15, -0.1) is 0 Å². The van der Waals surface area contributed by atoms with Crippen LogP contribution in [0.4, 0.5) is 0 Å². The molecule has 2 saturated carbocycles. The smallest absolute Gasteiger partial charge is 0.143 e. The molecule has 0 N–H and O–H groups in total. The Morgan fingerprint density at radius 1 is 0.811 bits per heavy atom. The topological polar surface area (TPSA) is 41.4 Å². The summed E-state index contributed by atoms with van der Waals surface area (Å²) >= 11 is 0. The van der Waals surface area contributed by atoms with Gasteiger partial charge in [-0.1, -0.05) is 44.2 Å². The lowest BCUT2D eigenvalue weighted by Crippen LogP contribution is -2.58. The van der Waals surface area contributed by atoms with Crippen molar-refractivity contribution >= 4 is 16.8 Å². The quantitative estimate of drug-likeness (QED) is 0.457. The number of rotatable bonds is 5. The summed E-state index contributed by atoms with van der Waals surface area (Å²) in [4.78, 5) is 22.8. The number of Topliss-reactive ketones (excluding diaryl/α,β-unsaturated/α-hetero) is 1. The third-order valence-corrected chi connectivity index (χ3v) is 10.9. The Balaban J connectivity index is 1.20. The number of carbonyl (C=O) groups is 1. The standard InChI is InChI=1S/C32H46N4O/c1-22(37)21-34-15-7-14-31(34)32-33-29-12-4-5-13-30(29)36(32)28-19-25-10-6-11-26(20-28)35(25)27-17-23-8-2-3-9-24(16-23)18-27/h4-5,12-13,23-28,31H,2-3,6-11,14-21H2,1H3. The van der Waals surface area contributed by atoms with E-state index >= 15 is 0 Å². The Bertz CT molecular complexity index is 1100. The summed E-state index contributed by atoms with van der Waals surface area (Å²) in [5.41, 5.74) is 2.45. The zero-order valence-corrected chi connectivity index (χ0v) is 22.9. The van der Waals surface area contributed by atoms with Gasteiger partial charge in [-0.3, -0.25) is 14.6 Å². The van der Waals surface area contributed by atoms with E-state index < -0.39 is 0 Å². The number of benzene rings is 1. The molecular formula is C32H46N4O. The molecule has 5 fully saturated rings. The second kappa shape index (κ2) is 10.1. The third kappa shape index (κ3) is 4.58. The van der Waals surface area contributed by atoms with Crippen molar-refractivity contribution in [2.75, 3.05) is 13.1 Å². The maximum absolute atomic E-state index is 12.1. The van der Waals surface area contributed by atoms with Crippen molar-refractivity contribution in [1.82, 2.24) is 19.4 Å². The minimum Gasteiger partial charge on any atom is -0.323 e. The minimum absolute atomic E-state index is 0.269. The normalized spacial score (nSPS) is 37.1. The van der Waals surface area contributed by atoms with Gasteiger partial charge in [0.05, 0.1) is 23.6 Å². The second-order valence-corrected chi connectivity index (χ2v) is 13.3. The highest BCUT2D eigenvalue weighted by Gasteiger charge is 2.45. The molecule has 4 bridgehead atoms. The molecule has 5 nitrogen and oxygen atoms in total. The van der Waals surface area contributed by atoms with Crippen LogP contribution in [0, 0.1) is 11.8 Å². The van der Waals surface area contributed by atoms with Crippen molar-refractivity contribution in [3.63, 3.8) is 0 Å². The van der Waals surface area contributed by atoms with E-state index in [0.717, 1.165) is 54.9 Å². The summed E-state index contributed by atoms with van der Waals surface area (Å²) < 4.78 is 2.67. The SMILES string of the molecule is CC(=O)CN1CCCC1c1nc2ccccc2n1C1CC2CCCC(C1)N2C1CC2CCCCC(C2)C1. The van der Waals surface area contributed by atoms with Crippen molar-refractivity contribution in [2.24, 2.45) is 11.8 Å². The number of carbonyl (C=O) groups excluding carboxylic acids is 1. The lowest BCUT2D eigenvalue weighted by molar-refractivity contribution is -0.118. The van der Waals surface area contributed by atoms with Crippen molar-refractivity contribution < 1.29 is 4.79 Å². The first kappa shape index (κ1) is 24.3. The van der Waals surface area contributed by atoms with Crippen LogP contribution in [-0.2, 0) is 4.79 Å². The Labute approximate surface area is 223 Å². The minimum atomic E-state index is 0.269. The van der Waals surface area contributed by atoms with E-state index in [-0.39, 0.29) is 11.8 Å². The molecule has 5 aliphatic rings. The maximum atomic E-state index is 12.1. The molecule has 1 aromatic heterocycles. The molecule has 3 saturated heterocycles. The van der Waals surface area contributed by atoms with Crippen molar-refractivity contribution in [2.45, 2.75) is 127 Å².